The zero-order valence-corrected chi connectivity index (χ0v) is 10.7. The quantitative estimate of drug-likeness (QED) is 0.790. The molecule has 3 N–H and O–H groups in total. The number of hydrogen-bond acceptors (Lipinski definition) is 5. The van der Waals surface area contributed by atoms with Crippen molar-refractivity contribution in [1.82, 2.24) is 15.0 Å². The van der Waals surface area contributed by atoms with Gasteiger partial charge in [0.05, 0.1) is 12.9 Å². The number of carbonyl (C=O) groups is 1. The van der Waals surface area contributed by atoms with Crippen LogP contribution in [0.4, 0.5) is 5.82 Å². The Labute approximate surface area is 111 Å². The number of ether oxygens (including phenoxy) is 1. The molecule has 19 heavy (non-hydrogen) atoms. The van der Waals surface area contributed by atoms with Crippen molar-refractivity contribution in [1.29, 1.82) is 0 Å². The van der Waals surface area contributed by atoms with Crippen LogP contribution in [-0.2, 0) is 16.0 Å². The Bertz CT molecular complexity index is 522. The molecule has 0 saturated heterocycles. The number of carbonyl (C=O) groups excluding carboxylic acids is 1. The van der Waals surface area contributed by atoms with Crippen molar-refractivity contribution in [2.24, 2.45) is 0 Å². The zero-order chi connectivity index (χ0) is 13.7. The molecule has 6 heteroatoms. The van der Waals surface area contributed by atoms with E-state index in [1.165, 1.54) is 0 Å². The average molecular weight is 260 g/mol. The Kier molecular flexibility index (Phi) is 4.12. The summed E-state index contributed by atoms with van der Waals surface area (Å²) in [6.45, 7) is 2.14. The molecular weight excluding hydrogens is 244 g/mol. The van der Waals surface area contributed by atoms with Crippen molar-refractivity contribution in [2.45, 2.75) is 19.3 Å². The number of hydrogen-bond donors (Lipinski definition) is 2. The highest BCUT2D eigenvalue weighted by Crippen LogP contribution is 2.20. The molecule has 0 aliphatic carbocycles. The lowest BCUT2D eigenvalue weighted by atomic mass is 9.98. The minimum Gasteiger partial charge on any atom is -0.465 e. The maximum Gasteiger partial charge on any atom is 0.315 e. The van der Waals surface area contributed by atoms with Crippen molar-refractivity contribution in [3.63, 3.8) is 0 Å². The number of nitrogen functional groups attached to an aromatic ring is 1. The summed E-state index contributed by atoms with van der Waals surface area (Å²) >= 11 is 0. The molecule has 0 aliphatic rings. The van der Waals surface area contributed by atoms with Gasteiger partial charge in [0.1, 0.15) is 11.7 Å². The van der Waals surface area contributed by atoms with Crippen LogP contribution in [-0.4, -0.2) is 27.5 Å². The summed E-state index contributed by atoms with van der Waals surface area (Å²) in [4.78, 5) is 22.9. The monoisotopic (exact) mass is 260 g/mol. The molecule has 2 aromatic heterocycles. The highest BCUT2D eigenvalue weighted by molar-refractivity contribution is 5.77. The average Bonchev–Trinajstić information content (AvgIpc) is 2.92. The highest BCUT2D eigenvalue weighted by Gasteiger charge is 2.23. The SMILES string of the molecule is CCOC(=O)C(Cc1ccc(N)nc1)c1cnc[nH]1. The Morgan fingerprint density at radius 1 is 1.47 bits per heavy atom. The second-order valence-corrected chi connectivity index (χ2v) is 4.11. The summed E-state index contributed by atoms with van der Waals surface area (Å²) in [5, 5.41) is 0. The molecule has 0 amide bonds. The number of nitrogens with zero attached hydrogens (tertiary/aromatic N) is 2. The van der Waals surface area contributed by atoms with E-state index in [0.717, 1.165) is 11.3 Å². The number of imidazole rings is 1. The number of esters is 1. The predicted octanol–water partition coefficient (Wildman–Crippen LogP) is 1.28. The van der Waals surface area contributed by atoms with Gasteiger partial charge in [-0.1, -0.05) is 6.07 Å². The van der Waals surface area contributed by atoms with E-state index in [4.69, 9.17) is 10.5 Å². The zero-order valence-electron chi connectivity index (χ0n) is 10.7. The van der Waals surface area contributed by atoms with Gasteiger partial charge in [-0.2, -0.15) is 0 Å². The number of rotatable bonds is 5. The number of H-pyrrole nitrogens is 1. The molecule has 0 aromatic carbocycles. The van der Waals surface area contributed by atoms with E-state index in [9.17, 15) is 4.79 Å². The van der Waals surface area contributed by atoms with Gasteiger partial charge in [0, 0.05) is 18.1 Å². The predicted molar refractivity (Wildman–Crippen MR) is 70.3 cm³/mol. The van der Waals surface area contributed by atoms with Gasteiger partial charge in [-0.05, 0) is 25.0 Å². The first-order valence-corrected chi connectivity index (χ1v) is 6.06. The minimum absolute atomic E-state index is 0.274. The lowest BCUT2D eigenvalue weighted by Crippen LogP contribution is -2.18. The fraction of sp³-hybridized carbons (Fsp3) is 0.308. The van der Waals surface area contributed by atoms with Crippen molar-refractivity contribution >= 4 is 11.8 Å². The summed E-state index contributed by atoms with van der Waals surface area (Å²) in [6, 6.07) is 3.56. The second kappa shape index (κ2) is 5.99. The van der Waals surface area contributed by atoms with E-state index in [1.807, 2.05) is 6.07 Å². The number of anilines is 1. The van der Waals surface area contributed by atoms with Gasteiger partial charge >= 0.3 is 5.97 Å². The fourth-order valence-corrected chi connectivity index (χ4v) is 1.81. The van der Waals surface area contributed by atoms with E-state index in [0.29, 0.717) is 18.8 Å². The van der Waals surface area contributed by atoms with Crippen LogP contribution in [0.3, 0.4) is 0 Å². The van der Waals surface area contributed by atoms with E-state index in [-0.39, 0.29) is 5.97 Å². The molecule has 0 spiro atoms. The first-order valence-electron chi connectivity index (χ1n) is 6.06. The second-order valence-electron chi connectivity index (χ2n) is 4.11. The third-order valence-electron chi connectivity index (χ3n) is 2.75. The Morgan fingerprint density at radius 2 is 2.32 bits per heavy atom. The topological polar surface area (TPSA) is 93.9 Å². The van der Waals surface area contributed by atoms with Crippen LogP contribution in [0.1, 0.15) is 24.1 Å². The van der Waals surface area contributed by atoms with E-state index in [1.54, 1.807) is 31.7 Å². The van der Waals surface area contributed by atoms with Crippen LogP contribution < -0.4 is 5.73 Å². The lowest BCUT2D eigenvalue weighted by molar-refractivity contribution is -0.145. The van der Waals surface area contributed by atoms with Crippen molar-refractivity contribution < 1.29 is 9.53 Å². The maximum absolute atomic E-state index is 12.0. The van der Waals surface area contributed by atoms with Gasteiger partial charge in [-0.15, -0.1) is 0 Å². The van der Waals surface area contributed by atoms with E-state index in [2.05, 4.69) is 15.0 Å². The van der Waals surface area contributed by atoms with Crippen molar-refractivity contribution in [3.8, 4) is 0 Å². The summed E-state index contributed by atoms with van der Waals surface area (Å²) in [5.41, 5.74) is 7.19. The highest BCUT2D eigenvalue weighted by atomic mass is 16.5. The lowest BCUT2D eigenvalue weighted by Gasteiger charge is -2.13. The molecule has 100 valence electrons. The summed E-state index contributed by atoms with van der Waals surface area (Å²) < 4.78 is 5.09. The van der Waals surface area contributed by atoms with E-state index < -0.39 is 5.92 Å². The third-order valence-corrected chi connectivity index (χ3v) is 2.75. The van der Waals surface area contributed by atoms with Crippen LogP contribution in [0.5, 0.6) is 0 Å². The Balaban J connectivity index is 2.18. The molecule has 0 saturated carbocycles. The molecule has 2 rings (SSSR count). The van der Waals surface area contributed by atoms with Gasteiger partial charge < -0.3 is 15.5 Å². The molecule has 0 fully saturated rings. The summed E-state index contributed by atoms with van der Waals surface area (Å²) in [7, 11) is 0. The first-order chi connectivity index (χ1) is 9.20. The summed E-state index contributed by atoms with van der Waals surface area (Å²) in [6.07, 6.45) is 5.33. The number of aromatic nitrogens is 3. The number of nitrogens with two attached hydrogens (primary N) is 1. The van der Waals surface area contributed by atoms with Crippen LogP contribution in [0.25, 0.3) is 0 Å². The standard InChI is InChI=1S/C13H16N4O2/c1-2-19-13(18)10(11-7-15-8-17-11)5-9-3-4-12(14)16-6-9/h3-4,6-8,10H,2,5H2,1H3,(H2,14,16)(H,15,17). The molecule has 1 unspecified atom stereocenters. The van der Waals surface area contributed by atoms with Gasteiger partial charge in [0.2, 0.25) is 0 Å². The Morgan fingerprint density at radius 3 is 2.89 bits per heavy atom. The molecule has 0 radical (unpaired) electrons. The minimum atomic E-state index is -0.409. The molecule has 6 nitrogen and oxygen atoms in total. The van der Waals surface area contributed by atoms with Crippen molar-refractivity contribution in [2.75, 3.05) is 12.3 Å². The number of nitrogens with one attached hydrogen (secondary N) is 1. The first kappa shape index (κ1) is 13.1. The molecule has 0 aliphatic heterocycles. The molecule has 1 atom stereocenters. The van der Waals surface area contributed by atoms with Crippen LogP contribution in [0, 0.1) is 0 Å². The Hall–Kier alpha value is -2.37. The maximum atomic E-state index is 12.0. The van der Waals surface area contributed by atoms with Gasteiger partial charge in [-0.25, -0.2) is 9.97 Å². The van der Waals surface area contributed by atoms with Crippen LogP contribution in [0.15, 0.2) is 30.9 Å². The number of aromatic amines is 1. The van der Waals surface area contributed by atoms with Gasteiger partial charge in [-0.3, -0.25) is 4.79 Å². The van der Waals surface area contributed by atoms with Gasteiger partial charge in [0.25, 0.3) is 0 Å². The molecule has 2 aromatic rings. The van der Waals surface area contributed by atoms with Crippen LogP contribution in [0.2, 0.25) is 0 Å². The summed E-state index contributed by atoms with van der Waals surface area (Å²) in [5.74, 6) is -0.227. The van der Waals surface area contributed by atoms with E-state index >= 15 is 0 Å². The largest absolute Gasteiger partial charge is 0.465 e. The van der Waals surface area contributed by atoms with Crippen LogP contribution >= 0.6 is 0 Å². The number of pyridine rings is 1. The molecular formula is C13H16N4O2. The third kappa shape index (κ3) is 3.31. The normalized spacial score (nSPS) is 12.1. The van der Waals surface area contributed by atoms with Crippen molar-refractivity contribution in [3.05, 3.63) is 42.1 Å². The fourth-order valence-electron chi connectivity index (χ4n) is 1.81. The smallest absolute Gasteiger partial charge is 0.315 e. The van der Waals surface area contributed by atoms with Gasteiger partial charge in [0.15, 0.2) is 0 Å². The molecule has 0 bridgehead atoms. The molecule has 2 heterocycles.